The van der Waals surface area contributed by atoms with Crippen LogP contribution in [-0.4, -0.2) is 67.2 Å². The summed E-state index contributed by atoms with van der Waals surface area (Å²) in [5, 5.41) is 16.6. The minimum atomic E-state index is -0.590. The highest BCUT2D eigenvalue weighted by Gasteiger charge is 2.28. The SMILES string of the molecule is CCOCc1cn(C2CCN(C(=O)C(C)NC(=O)c3cc4c(C)nn(C)c4s3)CC2)nn1. The van der Waals surface area contributed by atoms with E-state index in [2.05, 4.69) is 20.7 Å². The van der Waals surface area contributed by atoms with Gasteiger partial charge >= 0.3 is 0 Å². The fourth-order valence-corrected chi connectivity index (χ4v) is 5.06. The molecular weight excluding hydrogens is 430 g/mol. The molecule has 0 aliphatic carbocycles. The highest BCUT2D eigenvalue weighted by Crippen LogP contribution is 2.28. The molecule has 0 aromatic carbocycles. The van der Waals surface area contributed by atoms with E-state index in [9.17, 15) is 9.59 Å². The molecule has 4 heterocycles. The number of hydrogen-bond acceptors (Lipinski definition) is 7. The van der Waals surface area contributed by atoms with Crippen LogP contribution < -0.4 is 5.32 Å². The summed E-state index contributed by atoms with van der Waals surface area (Å²) < 4.78 is 9.03. The Labute approximate surface area is 190 Å². The van der Waals surface area contributed by atoms with Gasteiger partial charge in [-0.15, -0.1) is 16.4 Å². The number of ether oxygens (including phenoxy) is 1. The van der Waals surface area contributed by atoms with Gasteiger partial charge in [0, 0.05) is 32.1 Å². The van der Waals surface area contributed by atoms with Crippen LogP contribution in [0.1, 0.15) is 53.8 Å². The van der Waals surface area contributed by atoms with Gasteiger partial charge in [-0.3, -0.25) is 14.3 Å². The number of piperidine rings is 1. The number of aryl methyl sites for hydroxylation is 2. The van der Waals surface area contributed by atoms with Crippen molar-refractivity contribution in [2.45, 2.75) is 52.3 Å². The Morgan fingerprint density at radius 3 is 2.78 bits per heavy atom. The van der Waals surface area contributed by atoms with Crippen molar-refractivity contribution in [3.8, 4) is 0 Å². The largest absolute Gasteiger partial charge is 0.375 e. The smallest absolute Gasteiger partial charge is 0.262 e. The number of amides is 2. The van der Waals surface area contributed by atoms with Crippen LogP contribution in [0.4, 0.5) is 0 Å². The van der Waals surface area contributed by atoms with E-state index in [0.717, 1.165) is 34.4 Å². The molecule has 11 heteroatoms. The zero-order valence-corrected chi connectivity index (χ0v) is 19.7. The van der Waals surface area contributed by atoms with Gasteiger partial charge in [-0.2, -0.15) is 5.10 Å². The number of carbonyl (C=O) groups is 2. The van der Waals surface area contributed by atoms with Crippen LogP contribution in [0.2, 0.25) is 0 Å². The van der Waals surface area contributed by atoms with Crippen molar-refractivity contribution in [1.82, 2.24) is 35.0 Å². The highest BCUT2D eigenvalue weighted by atomic mass is 32.1. The number of rotatable bonds is 7. The van der Waals surface area contributed by atoms with Gasteiger partial charge in [-0.1, -0.05) is 5.21 Å². The summed E-state index contributed by atoms with van der Waals surface area (Å²) in [5.41, 5.74) is 1.70. The maximum absolute atomic E-state index is 12.9. The van der Waals surface area contributed by atoms with E-state index in [1.807, 2.05) is 42.7 Å². The van der Waals surface area contributed by atoms with Gasteiger partial charge in [0.05, 0.1) is 29.4 Å². The van der Waals surface area contributed by atoms with E-state index in [-0.39, 0.29) is 17.9 Å². The predicted molar refractivity (Wildman–Crippen MR) is 120 cm³/mol. The summed E-state index contributed by atoms with van der Waals surface area (Å²) in [6.07, 6.45) is 3.52. The van der Waals surface area contributed by atoms with Crippen LogP contribution in [0, 0.1) is 6.92 Å². The molecule has 0 bridgehead atoms. The van der Waals surface area contributed by atoms with Crippen LogP contribution in [-0.2, 0) is 23.2 Å². The Balaban J connectivity index is 1.31. The normalized spacial score (nSPS) is 15.9. The molecule has 1 unspecified atom stereocenters. The number of aromatic nitrogens is 5. The second-order valence-electron chi connectivity index (χ2n) is 8.12. The van der Waals surface area contributed by atoms with E-state index in [4.69, 9.17) is 4.74 Å². The van der Waals surface area contributed by atoms with E-state index in [1.165, 1.54) is 11.3 Å². The monoisotopic (exact) mass is 459 g/mol. The molecular formula is C21H29N7O3S. The summed E-state index contributed by atoms with van der Waals surface area (Å²) in [4.78, 5) is 29.0. The molecule has 1 atom stereocenters. The van der Waals surface area contributed by atoms with Crippen LogP contribution >= 0.6 is 11.3 Å². The minimum Gasteiger partial charge on any atom is -0.375 e. The fraction of sp³-hybridized carbons (Fsp3) is 0.571. The van der Waals surface area contributed by atoms with Crippen LogP contribution in [0.15, 0.2) is 12.3 Å². The first-order valence-electron chi connectivity index (χ1n) is 10.9. The summed E-state index contributed by atoms with van der Waals surface area (Å²) in [5.74, 6) is -0.294. The number of thiophene rings is 1. The van der Waals surface area contributed by atoms with Crippen LogP contribution in [0.3, 0.4) is 0 Å². The van der Waals surface area contributed by atoms with E-state index >= 15 is 0 Å². The Hall–Kier alpha value is -2.79. The van der Waals surface area contributed by atoms with Gasteiger partial charge in [-0.25, -0.2) is 4.68 Å². The molecule has 1 N–H and O–H groups in total. The number of nitrogens with one attached hydrogen (secondary N) is 1. The molecule has 1 aliphatic heterocycles. The van der Waals surface area contributed by atoms with Crippen molar-refractivity contribution >= 4 is 33.4 Å². The number of fused-ring (bicyclic) bond motifs is 1. The number of nitrogens with zero attached hydrogens (tertiary/aromatic N) is 6. The van der Waals surface area contributed by atoms with Gasteiger partial charge < -0.3 is 15.0 Å². The average molecular weight is 460 g/mol. The van der Waals surface area contributed by atoms with Gasteiger partial charge in [0.1, 0.15) is 16.6 Å². The molecule has 172 valence electrons. The lowest BCUT2D eigenvalue weighted by Crippen LogP contribution is -2.49. The summed E-state index contributed by atoms with van der Waals surface area (Å²) >= 11 is 1.39. The van der Waals surface area contributed by atoms with Gasteiger partial charge in [0.15, 0.2) is 0 Å². The topological polar surface area (TPSA) is 107 Å². The maximum atomic E-state index is 12.9. The lowest BCUT2D eigenvalue weighted by molar-refractivity contribution is -0.134. The Bertz CT molecular complexity index is 1080. The first-order valence-corrected chi connectivity index (χ1v) is 11.7. The van der Waals surface area contributed by atoms with Crippen molar-refractivity contribution in [3.63, 3.8) is 0 Å². The quantitative estimate of drug-likeness (QED) is 0.580. The molecule has 1 fully saturated rings. The van der Waals surface area contributed by atoms with E-state index < -0.39 is 6.04 Å². The molecule has 0 saturated carbocycles. The molecule has 1 saturated heterocycles. The maximum Gasteiger partial charge on any atom is 0.262 e. The summed E-state index contributed by atoms with van der Waals surface area (Å²) in [6, 6.07) is 1.47. The third-order valence-corrected chi connectivity index (χ3v) is 7.00. The number of hydrogen-bond donors (Lipinski definition) is 1. The third kappa shape index (κ3) is 4.53. The van der Waals surface area contributed by atoms with Gasteiger partial charge in [0.2, 0.25) is 5.91 Å². The molecule has 2 amide bonds. The first kappa shape index (κ1) is 22.4. The number of carbonyl (C=O) groups excluding carboxylic acids is 2. The Kier molecular flexibility index (Phi) is 6.56. The first-order chi connectivity index (χ1) is 15.4. The molecule has 1 aliphatic rings. The molecule has 3 aromatic heterocycles. The van der Waals surface area contributed by atoms with Crippen molar-refractivity contribution in [2.75, 3.05) is 19.7 Å². The fourth-order valence-electron chi connectivity index (χ4n) is 4.04. The standard InChI is InChI=1S/C21H29N7O3S/c1-5-31-12-15-11-28(25-23-15)16-6-8-27(9-7-16)20(30)14(3)22-19(29)18-10-17-13(2)24-26(4)21(17)32-18/h10-11,14,16H,5-9,12H2,1-4H3,(H,22,29). The van der Waals surface area contributed by atoms with E-state index in [1.54, 1.807) is 11.6 Å². The third-order valence-electron chi connectivity index (χ3n) is 5.80. The van der Waals surface area contributed by atoms with Crippen LogP contribution in [0.25, 0.3) is 10.2 Å². The Morgan fingerprint density at radius 1 is 1.34 bits per heavy atom. The van der Waals surface area contributed by atoms with Crippen molar-refractivity contribution in [1.29, 1.82) is 0 Å². The zero-order chi connectivity index (χ0) is 22.8. The number of likely N-dealkylation sites (tertiary alicyclic amines) is 1. The molecule has 32 heavy (non-hydrogen) atoms. The van der Waals surface area contributed by atoms with Crippen LogP contribution in [0.5, 0.6) is 0 Å². The minimum absolute atomic E-state index is 0.0635. The zero-order valence-electron chi connectivity index (χ0n) is 18.9. The molecule has 0 spiro atoms. The lowest BCUT2D eigenvalue weighted by Gasteiger charge is -2.33. The van der Waals surface area contributed by atoms with Crippen molar-refractivity contribution < 1.29 is 14.3 Å². The Morgan fingerprint density at radius 2 is 2.09 bits per heavy atom. The molecule has 0 radical (unpaired) electrons. The van der Waals surface area contributed by atoms with Crippen molar-refractivity contribution in [2.24, 2.45) is 7.05 Å². The lowest BCUT2D eigenvalue weighted by atomic mass is 10.0. The summed E-state index contributed by atoms with van der Waals surface area (Å²) in [6.45, 7) is 7.95. The second kappa shape index (κ2) is 9.37. The highest BCUT2D eigenvalue weighted by molar-refractivity contribution is 7.20. The van der Waals surface area contributed by atoms with Gasteiger partial charge in [0.25, 0.3) is 5.91 Å². The average Bonchev–Trinajstić information content (AvgIpc) is 3.50. The second-order valence-corrected chi connectivity index (χ2v) is 9.15. The molecule has 10 nitrogen and oxygen atoms in total. The summed E-state index contributed by atoms with van der Waals surface area (Å²) in [7, 11) is 1.86. The molecule has 3 aromatic rings. The van der Waals surface area contributed by atoms with Gasteiger partial charge in [-0.05, 0) is 39.7 Å². The predicted octanol–water partition coefficient (Wildman–Crippen LogP) is 2.05. The van der Waals surface area contributed by atoms with Crippen molar-refractivity contribution in [3.05, 3.63) is 28.5 Å². The van der Waals surface area contributed by atoms with E-state index in [0.29, 0.717) is 31.2 Å². The molecule has 4 rings (SSSR count).